The van der Waals surface area contributed by atoms with Crippen molar-refractivity contribution < 1.29 is 9.47 Å². The molecule has 2 heterocycles. The molecule has 2 aromatic rings. The number of hydrogen-bond acceptors (Lipinski definition) is 8. The van der Waals surface area contributed by atoms with Gasteiger partial charge in [0.25, 0.3) is 0 Å². The van der Waals surface area contributed by atoms with Crippen molar-refractivity contribution in [2.45, 2.75) is 92.2 Å². The Balaban J connectivity index is 2.62. The first-order valence-electron chi connectivity index (χ1n) is 11.9. The predicted octanol–water partition coefficient (Wildman–Crippen LogP) is 5.28. The van der Waals surface area contributed by atoms with Crippen molar-refractivity contribution in [3.05, 3.63) is 11.4 Å². The molecule has 0 bridgehead atoms. The predicted molar refractivity (Wildman–Crippen MR) is 131 cm³/mol. The lowest BCUT2D eigenvalue weighted by atomic mass is 10.1. The molecule has 8 nitrogen and oxygen atoms in total. The summed E-state index contributed by atoms with van der Waals surface area (Å²) in [5.74, 6) is 2.34. The molecular weight excluding hydrogens is 404 g/mol. The van der Waals surface area contributed by atoms with E-state index < -0.39 is 0 Å². The molecule has 0 radical (unpaired) electrons. The van der Waals surface area contributed by atoms with E-state index in [1.165, 1.54) is 0 Å². The normalized spacial score (nSPS) is 11.2. The zero-order valence-electron chi connectivity index (χ0n) is 21.0. The Morgan fingerprint density at radius 3 is 1.19 bits per heavy atom. The summed E-state index contributed by atoms with van der Waals surface area (Å²) in [5, 5.41) is 7.03. The van der Waals surface area contributed by atoms with Crippen molar-refractivity contribution in [1.82, 2.24) is 19.9 Å². The Hall–Kier alpha value is -2.64. The number of aryl methyl sites for hydroxylation is 2. The van der Waals surface area contributed by atoms with Gasteiger partial charge >= 0.3 is 0 Å². The fourth-order valence-corrected chi connectivity index (χ4v) is 3.60. The van der Waals surface area contributed by atoms with E-state index in [0.29, 0.717) is 35.2 Å². The molecule has 32 heavy (non-hydrogen) atoms. The number of rotatable bonds is 13. The van der Waals surface area contributed by atoms with Gasteiger partial charge in [-0.1, -0.05) is 41.5 Å². The lowest BCUT2D eigenvalue weighted by molar-refractivity contribution is 0.389. The van der Waals surface area contributed by atoms with E-state index in [0.717, 1.165) is 61.5 Å². The lowest BCUT2D eigenvalue weighted by Gasteiger charge is -2.21. The van der Waals surface area contributed by atoms with Gasteiger partial charge in [0.1, 0.15) is 0 Å². The third kappa shape index (κ3) is 5.78. The second kappa shape index (κ2) is 12.4. The third-order valence-corrected chi connectivity index (χ3v) is 5.81. The largest absolute Gasteiger partial charge is 0.479 e. The van der Waals surface area contributed by atoms with Crippen molar-refractivity contribution in [3.8, 4) is 23.1 Å². The van der Waals surface area contributed by atoms with Gasteiger partial charge in [-0.3, -0.25) is 0 Å². The molecule has 0 atom stereocenters. The molecule has 0 unspecified atom stereocenters. The van der Waals surface area contributed by atoms with Crippen LogP contribution < -0.4 is 20.1 Å². The molecule has 0 aliphatic carbocycles. The van der Waals surface area contributed by atoms with Gasteiger partial charge in [0.2, 0.25) is 11.8 Å². The maximum atomic E-state index is 5.64. The zero-order valence-corrected chi connectivity index (χ0v) is 21.0. The van der Waals surface area contributed by atoms with Crippen LogP contribution >= 0.6 is 0 Å². The van der Waals surface area contributed by atoms with Crippen molar-refractivity contribution in [3.63, 3.8) is 0 Å². The molecule has 0 spiro atoms. The summed E-state index contributed by atoms with van der Waals surface area (Å²) in [6.07, 6.45) is 5.50. The standard InChI is InChI=1S/C24H40N6O2/c1-9-15(10-2)25-21-17(13-5)27-19(23(29-21)31-7)20-24(32-8)30-22(18(14-6)28-20)26-16(11-3)12-4/h15-16H,9-14H2,1-8H3,(H,25,29)(H,26,30). The monoisotopic (exact) mass is 444 g/mol. The molecule has 2 rings (SSSR count). The van der Waals surface area contributed by atoms with Crippen LogP contribution in [0.15, 0.2) is 0 Å². The minimum Gasteiger partial charge on any atom is -0.479 e. The fraction of sp³-hybridized carbons (Fsp3) is 0.667. The zero-order chi connectivity index (χ0) is 23.7. The van der Waals surface area contributed by atoms with Gasteiger partial charge in [-0.15, -0.1) is 0 Å². The Bertz CT molecular complexity index is 795. The topological polar surface area (TPSA) is 94.1 Å². The molecule has 178 valence electrons. The highest BCUT2D eigenvalue weighted by atomic mass is 16.5. The molecule has 0 amide bonds. The molecule has 0 aliphatic rings. The first-order chi connectivity index (χ1) is 15.5. The number of nitrogens with zero attached hydrogens (tertiary/aromatic N) is 4. The minimum atomic E-state index is 0.335. The Kier molecular flexibility index (Phi) is 9.94. The quantitative estimate of drug-likeness (QED) is 0.431. The number of hydrogen-bond donors (Lipinski definition) is 2. The van der Waals surface area contributed by atoms with Crippen LogP contribution in [0, 0.1) is 0 Å². The average molecular weight is 445 g/mol. The van der Waals surface area contributed by atoms with Crippen LogP contribution in [0.2, 0.25) is 0 Å². The minimum absolute atomic E-state index is 0.335. The van der Waals surface area contributed by atoms with Crippen LogP contribution in [-0.4, -0.2) is 46.2 Å². The maximum Gasteiger partial charge on any atom is 0.244 e. The SMILES string of the molecule is CCc1nc(-c2nc(CC)c(NC(CC)CC)nc2OC)c(OC)nc1NC(CC)CC. The number of methoxy groups -OCH3 is 2. The number of nitrogens with one attached hydrogen (secondary N) is 2. The second-order valence-electron chi connectivity index (χ2n) is 7.78. The first-order valence-corrected chi connectivity index (χ1v) is 11.9. The van der Waals surface area contributed by atoms with Crippen molar-refractivity contribution in [2.75, 3.05) is 24.9 Å². The van der Waals surface area contributed by atoms with Gasteiger partial charge in [-0.25, -0.2) is 9.97 Å². The van der Waals surface area contributed by atoms with E-state index in [2.05, 4.69) is 52.2 Å². The van der Waals surface area contributed by atoms with Gasteiger partial charge in [-0.05, 0) is 38.5 Å². The van der Waals surface area contributed by atoms with Gasteiger partial charge in [-0.2, -0.15) is 9.97 Å². The van der Waals surface area contributed by atoms with E-state index in [1.54, 1.807) is 14.2 Å². The second-order valence-corrected chi connectivity index (χ2v) is 7.78. The van der Waals surface area contributed by atoms with E-state index in [-0.39, 0.29) is 0 Å². The van der Waals surface area contributed by atoms with Gasteiger partial charge in [0, 0.05) is 12.1 Å². The smallest absolute Gasteiger partial charge is 0.244 e. The summed E-state index contributed by atoms with van der Waals surface area (Å²) in [6, 6.07) is 0.670. The summed E-state index contributed by atoms with van der Waals surface area (Å²) < 4.78 is 11.3. The molecule has 0 fully saturated rings. The molecule has 2 N–H and O–H groups in total. The van der Waals surface area contributed by atoms with E-state index in [4.69, 9.17) is 29.4 Å². The highest BCUT2D eigenvalue weighted by molar-refractivity contribution is 5.69. The molecule has 0 aliphatic heterocycles. The summed E-state index contributed by atoms with van der Waals surface area (Å²) >= 11 is 0. The highest BCUT2D eigenvalue weighted by Crippen LogP contribution is 2.35. The highest BCUT2D eigenvalue weighted by Gasteiger charge is 2.24. The van der Waals surface area contributed by atoms with E-state index >= 15 is 0 Å². The van der Waals surface area contributed by atoms with Crippen LogP contribution in [0.1, 0.15) is 78.6 Å². The molecule has 0 saturated carbocycles. The Morgan fingerprint density at radius 1 is 0.594 bits per heavy atom. The van der Waals surface area contributed by atoms with Crippen molar-refractivity contribution in [1.29, 1.82) is 0 Å². The van der Waals surface area contributed by atoms with Crippen LogP contribution in [0.4, 0.5) is 11.6 Å². The Labute approximate surface area is 193 Å². The molecule has 0 aromatic carbocycles. The summed E-state index contributed by atoms with van der Waals surface area (Å²) in [4.78, 5) is 19.4. The molecular formula is C24H40N6O2. The lowest BCUT2D eigenvalue weighted by Crippen LogP contribution is -2.21. The van der Waals surface area contributed by atoms with Gasteiger partial charge in [0.05, 0.1) is 25.6 Å². The van der Waals surface area contributed by atoms with Gasteiger partial charge < -0.3 is 20.1 Å². The number of aromatic nitrogens is 4. The number of ether oxygens (including phenoxy) is 2. The number of anilines is 2. The Morgan fingerprint density at radius 2 is 0.938 bits per heavy atom. The molecule has 8 heteroatoms. The van der Waals surface area contributed by atoms with E-state index in [9.17, 15) is 0 Å². The van der Waals surface area contributed by atoms with Gasteiger partial charge in [0.15, 0.2) is 23.0 Å². The summed E-state index contributed by atoms with van der Waals surface area (Å²) in [5.41, 5.74) is 2.84. The molecule has 0 saturated heterocycles. The van der Waals surface area contributed by atoms with E-state index in [1.807, 2.05) is 0 Å². The summed E-state index contributed by atoms with van der Waals surface area (Å²) in [6.45, 7) is 12.8. The summed E-state index contributed by atoms with van der Waals surface area (Å²) in [7, 11) is 3.20. The van der Waals surface area contributed by atoms with Crippen LogP contribution in [0.5, 0.6) is 11.8 Å². The molecule has 2 aromatic heterocycles. The fourth-order valence-electron chi connectivity index (χ4n) is 3.60. The first kappa shape index (κ1) is 25.6. The van der Waals surface area contributed by atoms with Crippen LogP contribution in [-0.2, 0) is 12.8 Å². The van der Waals surface area contributed by atoms with Crippen molar-refractivity contribution in [2.24, 2.45) is 0 Å². The van der Waals surface area contributed by atoms with Crippen molar-refractivity contribution >= 4 is 11.6 Å². The average Bonchev–Trinajstić information content (AvgIpc) is 2.84. The maximum absolute atomic E-state index is 5.64. The third-order valence-electron chi connectivity index (χ3n) is 5.81. The van der Waals surface area contributed by atoms with Crippen LogP contribution in [0.3, 0.4) is 0 Å². The van der Waals surface area contributed by atoms with Crippen LogP contribution in [0.25, 0.3) is 11.4 Å².